The van der Waals surface area contributed by atoms with Crippen LogP contribution in [0.3, 0.4) is 0 Å². The van der Waals surface area contributed by atoms with Crippen molar-refractivity contribution in [2.75, 3.05) is 46.4 Å². The molecule has 6 nitrogen and oxygen atoms in total. The van der Waals surface area contributed by atoms with Gasteiger partial charge in [0.25, 0.3) is 5.91 Å². The molecule has 2 amide bonds. The molecule has 0 saturated carbocycles. The Labute approximate surface area is 114 Å². The van der Waals surface area contributed by atoms with Crippen molar-refractivity contribution in [1.82, 2.24) is 14.7 Å². The molecule has 0 aliphatic carbocycles. The van der Waals surface area contributed by atoms with E-state index in [1.165, 1.54) is 0 Å². The fraction of sp³-hybridized carbons (Fsp3) is 0.846. The Morgan fingerprint density at radius 3 is 2.63 bits per heavy atom. The summed E-state index contributed by atoms with van der Waals surface area (Å²) in [6.07, 6.45) is -0.419. The lowest BCUT2D eigenvalue weighted by Crippen LogP contribution is -2.58. The van der Waals surface area contributed by atoms with Crippen molar-refractivity contribution in [1.29, 1.82) is 0 Å². The topological polar surface area (TPSA) is 53.1 Å². The molecular weight excluding hydrogens is 246 g/mol. The minimum atomic E-state index is -0.419. The first-order chi connectivity index (χ1) is 8.99. The molecule has 0 bridgehead atoms. The molecule has 0 aromatic rings. The van der Waals surface area contributed by atoms with Gasteiger partial charge in [0.05, 0.1) is 13.2 Å². The van der Waals surface area contributed by atoms with Gasteiger partial charge in [0.1, 0.15) is 6.10 Å². The van der Waals surface area contributed by atoms with E-state index in [0.29, 0.717) is 26.2 Å². The van der Waals surface area contributed by atoms with E-state index in [2.05, 4.69) is 4.90 Å². The van der Waals surface area contributed by atoms with E-state index in [4.69, 9.17) is 4.74 Å². The lowest BCUT2D eigenvalue weighted by Gasteiger charge is -2.39. The Morgan fingerprint density at radius 2 is 2.05 bits per heavy atom. The van der Waals surface area contributed by atoms with Crippen LogP contribution in [0.1, 0.15) is 13.8 Å². The number of likely N-dealkylation sites (N-methyl/N-ethyl adjacent to an activating group) is 1. The fourth-order valence-corrected chi connectivity index (χ4v) is 2.55. The maximum absolute atomic E-state index is 12.3. The first kappa shape index (κ1) is 14.3. The minimum Gasteiger partial charge on any atom is -0.366 e. The molecule has 2 heterocycles. The molecule has 0 spiro atoms. The summed E-state index contributed by atoms with van der Waals surface area (Å²) in [6.45, 7) is 7.43. The van der Waals surface area contributed by atoms with E-state index >= 15 is 0 Å². The van der Waals surface area contributed by atoms with Crippen molar-refractivity contribution in [3.63, 3.8) is 0 Å². The summed E-state index contributed by atoms with van der Waals surface area (Å²) < 4.78 is 5.52. The zero-order valence-corrected chi connectivity index (χ0v) is 12.0. The SMILES string of the molecule is CC(C)N1CCN(C(=O)C2CN(C)CCO2)CC1=O. The van der Waals surface area contributed by atoms with Gasteiger partial charge < -0.3 is 19.4 Å². The third-order valence-electron chi connectivity index (χ3n) is 3.74. The maximum atomic E-state index is 12.3. The molecule has 1 unspecified atom stereocenters. The second-order valence-corrected chi connectivity index (χ2v) is 5.56. The Kier molecular flexibility index (Phi) is 4.42. The Bertz CT molecular complexity index is 359. The van der Waals surface area contributed by atoms with Crippen LogP contribution in [-0.4, -0.2) is 85.0 Å². The molecule has 0 N–H and O–H groups in total. The number of nitrogens with zero attached hydrogens (tertiary/aromatic N) is 3. The van der Waals surface area contributed by atoms with Gasteiger partial charge in [0, 0.05) is 32.2 Å². The molecule has 1 atom stereocenters. The summed E-state index contributed by atoms with van der Waals surface area (Å²) in [5, 5.41) is 0. The van der Waals surface area contributed by atoms with Gasteiger partial charge in [-0.2, -0.15) is 0 Å². The average molecular weight is 269 g/mol. The minimum absolute atomic E-state index is 0.0266. The molecule has 2 aliphatic heterocycles. The number of ether oxygens (including phenoxy) is 1. The monoisotopic (exact) mass is 269 g/mol. The van der Waals surface area contributed by atoms with Crippen LogP contribution in [0, 0.1) is 0 Å². The van der Waals surface area contributed by atoms with Gasteiger partial charge in [-0.1, -0.05) is 0 Å². The summed E-state index contributed by atoms with van der Waals surface area (Å²) >= 11 is 0. The van der Waals surface area contributed by atoms with Crippen LogP contribution in [0.5, 0.6) is 0 Å². The van der Waals surface area contributed by atoms with Crippen LogP contribution in [-0.2, 0) is 14.3 Å². The molecule has 6 heteroatoms. The molecule has 2 saturated heterocycles. The van der Waals surface area contributed by atoms with Gasteiger partial charge in [-0.25, -0.2) is 0 Å². The number of morpholine rings is 1. The Morgan fingerprint density at radius 1 is 1.32 bits per heavy atom. The molecule has 2 fully saturated rings. The fourth-order valence-electron chi connectivity index (χ4n) is 2.55. The van der Waals surface area contributed by atoms with Gasteiger partial charge >= 0.3 is 0 Å². The molecule has 2 aliphatic rings. The number of carbonyl (C=O) groups is 2. The molecule has 0 radical (unpaired) electrons. The van der Waals surface area contributed by atoms with E-state index in [0.717, 1.165) is 6.54 Å². The van der Waals surface area contributed by atoms with E-state index in [1.807, 2.05) is 25.8 Å². The van der Waals surface area contributed by atoms with Crippen LogP contribution < -0.4 is 0 Å². The lowest BCUT2D eigenvalue weighted by molar-refractivity contribution is -0.156. The zero-order chi connectivity index (χ0) is 14.0. The standard InChI is InChI=1S/C13H23N3O3/c1-10(2)16-5-4-15(9-12(16)17)13(18)11-8-14(3)6-7-19-11/h10-11H,4-9H2,1-3H3. The highest BCUT2D eigenvalue weighted by atomic mass is 16.5. The third-order valence-corrected chi connectivity index (χ3v) is 3.74. The number of piperazine rings is 1. The lowest BCUT2D eigenvalue weighted by atomic mass is 10.2. The largest absolute Gasteiger partial charge is 0.366 e. The van der Waals surface area contributed by atoms with Gasteiger partial charge in [0.15, 0.2) is 0 Å². The van der Waals surface area contributed by atoms with Gasteiger partial charge in [-0.3, -0.25) is 9.59 Å². The van der Waals surface area contributed by atoms with Crippen molar-refractivity contribution < 1.29 is 14.3 Å². The van der Waals surface area contributed by atoms with Crippen molar-refractivity contribution in [2.24, 2.45) is 0 Å². The highest BCUT2D eigenvalue weighted by Crippen LogP contribution is 2.12. The molecule has 2 rings (SSSR count). The quantitative estimate of drug-likeness (QED) is 0.671. The van der Waals surface area contributed by atoms with E-state index in [-0.39, 0.29) is 24.4 Å². The number of carbonyl (C=O) groups excluding carboxylic acids is 2. The normalized spacial score (nSPS) is 26.1. The maximum Gasteiger partial charge on any atom is 0.253 e. The molecule has 0 aromatic carbocycles. The van der Waals surface area contributed by atoms with Crippen LogP contribution in [0.4, 0.5) is 0 Å². The predicted molar refractivity (Wildman–Crippen MR) is 70.7 cm³/mol. The summed E-state index contributed by atoms with van der Waals surface area (Å²) in [5.74, 6) is -0.0259. The zero-order valence-electron chi connectivity index (χ0n) is 12.0. The molecule has 19 heavy (non-hydrogen) atoms. The predicted octanol–water partition coefficient (Wildman–Crippen LogP) is -0.604. The second kappa shape index (κ2) is 5.88. The first-order valence-electron chi connectivity index (χ1n) is 6.87. The second-order valence-electron chi connectivity index (χ2n) is 5.56. The van der Waals surface area contributed by atoms with Crippen molar-refractivity contribution in [3.05, 3.63) is 0 Å². The third kappa shape index (κ3) is 3.25. The van der Waals surface area contributed by atoms with Crippen LogP contribution >= 0.6 is 0 Å². The van der Waals surface area contributed by atoms with Crippen LogP contribution in [0.25, 0.3) is 0 Å². The average Bonchev–Trinajstić information content (AvgIpc) is 2.37. The molecule has 0 aromatic heterocycles. The van der Waals surface area contributed by atoms with E-state index in [9.17, 15) is 9.59 Å². The number of amides is 2. The Balaban J connectivity index is 1.92. The van der Waals surface area contributed by atoms with Gasteiger partial charge in [-0.15, -0.1) is 0 Å². The molecular formula is C13H23N3O3. The smallest absolute Gasteiger partial charge is 0.253 e. The first-order valence-corrected chi connectivity index (χ1v) is 6.87. The van der Waals surface area contributed by atoms with Crippen molar-refractivity contribution in [3.8, 4) is 0 Å². The van der Waals surface area contributed by atoms with Crippen molar-refractivity contribution >= 4 is 11.8 Å². The van der Waals surface area contributed by atoms with Crippen LogP contribution in [0.15, 0.2) is 0 Å². The number of hydrogen-bond acceptors (Lipinski definition) is 4. The van der Waals surface area contributed by atoms with Gasteiger partial charge in [0.2, 0.25) is 5.91 Å². The molecule has 108 valence electrons. The van der Waals surface area contributed by atoms with Crippen molar-refractivity contribution in [2.45, 2.75) is 26.0 Å². The number of rotatable bonds is 2. The Hall–Kier alpha value is -1.14. The highest BCUT2D eigenvalue weighted by molar-refractivity contribution is 5.88. The van der Waals surface area contributed by atoms with E-state index in [1.54, 1.807) is 4.90 Å². The summed E-state index contributed by atoms with van der Waals surface area (Å²) in [4.78, 5) is 29.8. The summed E-state index contributed by atoms with van der Waals surface area (Å²) in [5.41, 5.74) is 0. The van der Waals surface area contributed by atoms with E-state index < -0.39 is 6.10 Å². The number of hydrogen-bond donors (Lipinski definition) is 0. The summed E-state index contributed by atoms with van der Waals surface area (Å²) in [6, 6.07) is 0.196. The summed E-state index contributed by atoms with van der Waals surface area (Å²) in [7, 11) is 1.98. The van der Waals surface area contributed by atoms with Crippen LogP contribution in [0.2, 0.25) is 0 Å². The van der Waals surface area contributed by atoms with Gasteiger partial charge in [-0.05, 0) is 20.9 Å². The highest BCUT2D eigenvalue weighted by Gasteiger charge is 2.34.